The van der Waals surface area contributed by atoms with Crippen LogP contribution in [0.2, 0.25) is 0 Å². The number of Topliss-reactive ketones (excluding diaryl/α,β-unsaturated/α-hetero) is 2. The predicted octanol–water partition coefficient (Wildman–Crippen LogP) is 3.25. The molecule has 12 heteroatoms. The molecule has 4 atom stereocenters. The van der Waals surface area contributed by atoms with Crippen LogP contribution in [0, 0.1) is 17.8 Å². The predicted molar refractivity (Wildman–Crippen MR) is 138 cm³/mol. The molecule has 0 amide bonds. The molecular weight excluding hydrogens is 504 g/mol. The SMILES string of the molecule is C=CC(=O)OC.CC(=O)C(C)CCC(=O)O.CC(=O)O.CC1CCC(=O)OC1C.COC(=O)C(C)C(C)=O. The first-order valence-corrected chi connectivity index (χ1v) is 11.8. The lowest BCUT2D eigenvalue weighted by Crippen LogP contribution is -2.27. The van der Waals surface area contributed by atoms with Gasteiger partial charge in [0.15, 0.2) is 0 Å². The van der Waals surface area contributed by atoms with E-state index in [4.69, 9.17) is 19.7 Å². The van der Waals surface area contributed by atoms with Crippen LogP contribution < -0.4 is 0 Å². The standard InChI is InChI=1S/C7H12O3.C7H12O2.C6H10O3.C4H6O2.C2H4O2/c1-5(6(2)8)3-4-7(9)10;1-5-3-4-7(8)9-6(5)2;1-4(5(2)7)6(8)9-3;1-3-4(5)6-2;1-2(3)4/h5H,3-4H2,1-2H3,(H,9,10);5-6H,3-4H2,1-2H3;4H,1-3H3;3H,1H2,2H3;1H3,(H,3,4). The highest BCUT2D eigenvalue weighted by molar-refractivity contribution is 5.97. The van der Waals surface area contributed by atoms with Gasteiger partial charge >= 0.3 is 23.9 Å². The lowest BCUT2D eigenvalue weighted by Gasteiger charge is -2.24. The molecular formula is C26H44O12. The molecule has 0 bridgehead atoms. The summed E-state index contributed by atoms with van der Waals surface area (Å²) in [4.78, 5) is 71.0. The van der Waals surface area contributed by atoms with Gasteiger partial charge in [0.2, 0.25) is 0 Å². The number of ketones is 2. The second kappa shape index (κ2) is 25.1. The maximum Gasteiger partial charge on any atom is 0.329 e. The normalized spacial score (nSPS) is 16.5. The van der Waals surface area contributed by atoms with Crippen LogP contribution in [-0.4, -0.2) is 71.9 Å². The molecule has 0 spiro atoms. The van der Waals surface area contributed by atoms with Crippen LogP contribution in [0.25, 0.3) is 0 Å². The number of carbonyl (C=O) groups excluding carboxylic acids is 5. The van der Waals surface area contributed by atoms with E-state index in [1.54, 1.807) is 6.92 Å². The Morgan fingerprint density at radius 3 is 1.68 bits per heavy atom. The van der Waals surface area contributed by atoms with Crippen molar-refractivity contribution >= 4 is 41.4 Å². The van der Waals surface area contributed by atoms with E-state index in [-0.39, 0.29) is 36.0 Å². The molecule has 2 N–H and O–H groups in total. The number of carboxylic acid groups (broad SMARTS) is 2. The zero-order valence-corrected chi connectivity index (χ0v) is 23.9. The molecule has 1 fully saturated rings. The Morgan fingerprint density at radius 1 is 1.00 bits per heavy atom. The van der Waals surface area contributed by atoms with Gasteiger partial charge in [-0.3, -0.25) is 28.8 Å². The minimum atomic E-state index is -0.840. The lowest BCUT2D eigenvalue weighted by molar-refractivity contribution is -0.156. The Hall–Kier alpha value is -3.57. The molecule has 0 aromatic rings. The van der Waals surface area contributed by atoms with Crippen LogP contribution in [0.5, 0.6) is 0 Å². The molecule has 1 aliphatic heterocycles. The summed E-state index contributed by atoms with van der Waals surface area (Å²) in [5.41, 5.74) is 0. The number of aliphatic carboxylic acids is 2. The van der Waals surface area contributed by atoms with Crippen molar-refractivity contribution < 1.29 is 58.0 Å². The monoisotopic (exact) mass is 548 g/mol. The fraction of sp³-hybridized carbons (Fsp3) is 0.654. The van der Waals surface area contributed by atoms with Gasteiger partial charge in [-0.25, -0.2) is 4.79 Å². The smallest absolute Gasteiger partial charge is 0.329 e. The van der Waals surface area contributed by atoms with Gasteiger partial charge in [0.25, 0.3) is 5.97 Å². The molecule has 4 unspecified atom stereocenters. The second-order valence-electron chi connectivity index (χ2n) is 8.26. The van der Waals surface area contributed by atoms with Crippen molar-refractivity contribution in [3.8, 4) is 0 Å². The van der Waals surface area contributed by atoms with Crippen molar-refractivity contribution in [3.63, 3.8) is 0 Å². The maximum atomic E-state index is 10.6. The van der Waals surface area contributed by atoms with E-state index >= 15 is 0 Å². The summed E-state index contributed by atoms with van der Waals surface area (Å²) in [6.45, 7) is 14.4. The van der Waals surface area contributed by atoms with Crippen molar-refractivity contribution in [2.24, 2.45) is 17.8 Å². The number of carboxylic acids is 2. The Labute approximate surface area is 224 Å². The minimum Gasteiger partial charge on any atom is -0.481 e. The molecule has 0 saturated carbocycles. The molecule has 38 heavy (non-hydrogen) atoms. The van der Waals surface area contributed by atoms with Gasteiger partial charge in [-0.05, 0) is 46.5 Å². The topological polar surface area (TPSA) is 188 Å². The van der Waals surface area contributed by atoms with Gasteiger partial charge < -0.3 is 24.4 Å². The minimum absolute atomic E-state index is 0.0411. The van der Waals surface area contributed by atoms with Gasteiger partial charge in [-0.1, -0.05) is 20.4 Å². The Morgan fingerprint density at radius 2 is 1.47 bits per heavy atom. The third-order valence-electron chi connectivity index (χ3n) is 4.94. The average molecular weight is 549 g/mol. The van der Waals surface area contributed by atoms with Crippen molar-refractivity contribution in [3.05, 3.63) is 12.7 Å². The van der Waals surface area contributed by atoms with Crippen LogP contribution in [0.3, 0.4) is 0 Å². The number of carbonyl (C=O) groups is 7. The molecule has 0 aromatic carbocycles. The summed E-state index contributed by atoms with van der Waals surface area (Å²) in [6.07, 6.45) is 3.36. The lowest BCUT2D eigenvalue weighted by atomic mass is 9.98. The largest absolute Gasteiger partial charge is 0.481 e. The van der Waals surface area contributed by atoms with Crippen molar-refractivity contribution in [2.75, 3.05) is 14.2 Å². The van der Waals surface area contributed by atoms with Crippen LogP contribution >= 0.6 is 0 Å². The summed E-state index contributed by atoms with van der Waals surface area (Å²) in [7, 11) is 2.58. The molecule has 0 aromatic heterocycles. The van der Waals surface area contributed by atoms with Crippen molar-refractivity contribution in [1.29, 1.82) is 0 Å². The van der Waals surface area contributed by atoms with E-state index in [2.05, 4.69) is 23.0 Å². The number of methoxy groups -OCH3 is 2. The third kappa shape index (κ3) is 30.5. The van der Waals surface area contributed by atoms with Gasteiger partial charge in [-0.2, -0.15) is 0 Å². The van der Waals surface area contributed by atoms with E-state index < -0.39 is 29.8 Å². The summed E-state index contributed by atoms with van der Waals surface area (Å²) in [5, 5.41) is 15.6. The van der Waals surface area contributed by atoms with E-state index in [1.807, 2.05) is 6.92 Å². The van der Waals surface area contributed by atoms with Gasteiger partial charge in [0.05, 0.1) is 14.2 Å². The van der Waals surface area contributed by atoms with E-state index in [9.17, 15) is 28.8 Å². The summed E-state index contributed by atoms with van der Waals surface area (Å²) in [5.74, 6) is -2.87. The molecule has 12 nitrogen and oxygen atoms in total. The quantitative estimate of drug-likeness (QED) is 0.205. The number of rotatable bonds is 7. The highest BCUT2D eigenvalue weighted by Crippen LogP contribution is 2.19. The first kappa shape index (κ1) is 41.6. The number of hydrogen-bond donors (Lipinski definition) is 2. The van der Waals surface area contributed by atoms with Gasteiger partial charge in [0.1, 0.15) is 23.6 Å². The Bertz CT molecular complexity index is 768. The van der Waals surface area contributed by atoms with E-state index in [1.165, 1.54) is 35.0 Å². The van der Waals surface area contributed by atoms with Crippen molar-refractivity contribution in [1.82, 2.24) is 0 Å². The van der Waals surface area contributed by atoms with Crippen LogP contribution in [0.1, 0.15) is 74.1 Å². The number of ether oxygens (including phenoxy) is 3. The summed E-state index contributed by atoms with van der Waals surface area (Å²) >= 11 is 0. The van der Waals surface area contributed by atoms with Crippen LogP contribution in [0.4, 0.5) is 0 Å². The second-order valence-corrected chi connectivity index (χ2v) is 8.26. The number of esters is 3. The molecule has 1 rings (SSSR count). The van der Waals surface area contributed by atoms with Crippen molar-refractivity contribution in [2.45, 2.75) is 80.3 Å². The number of cyclic esters (lactones) is 1. The zero-order valence-electron chi connectivity index (χ0n) is 23.9. The molecule has 220 valence electrons. The average Bonchev–Trinajstić information content (AvgIpc) is 2.84. The van der Waals surface area contributed by atoms with Crippen LogP contribution in [0.15, 0.2) is 12.7 Å². The highest BCUT2D eigenvalue weighted by Gasteiger charge is 2.22. The zero-order chi connectivity index (χ0) is 31.0. The Kier molecular flexibility index (Phi) is 27.4. The van der Waals surface area contributed by atoms with E-state index in [0.29, 0.717) is 18.8 Å². The first-order valence-electron chi connectivity index (χ1n) is 11.8. The van der Waals surface area contributed by atoms with E-state index in [0.717, 1.165) is 19.4 Å². The highest BCUT2D eigenvalue weighted by atomic mass is 16.5. The molecule has 1 saturated heterocycles. The Balaban J connectivity index is -0.000000196. The first-order chi connectivity index (χ1) is 17.4. The van der Waals surface area contributed by atoms with Crippen LogP contribution in [-0.2, 0) is 47.8 Å². The summed E-state index contributed by atoms with van der Waals surface area (Å²) < 4.78 is 13.4. The number of hydrogen-bond acceptors (Lipinski definition) is 10. The molecule has 0 aliphatic carbocycles. The molecule has 1 heterocycles. The molecule has 1 aliphatic rings. The third-order valence-corrected chi connectivity index (χ3v) is 4.94. The van der Waals surface area contributed by atoms with Gasteiger partial charge in [-0.15, -0.1) is 0 Å². The fourth-order valence-electron chi connectivity index (χ4n) is 1.93. The summed E-state index contributed by atoms with van der Waals surface area (Å²) in [6, 6.07) is 0. The fourth-order valence-corrected chi connectivity index (χ4v) is 1.93. The van der Waals surface area contributed by atoms with Gasteiger partial charge in [0, 0.05) is 31.8 Å². The molecule has 0 radical (unpaired) electrons. The maximum absolute atomic E-state index is 10.6.